The third-order valence-electron chi connectivity index (χ3n) is 6.82. The molecule has 0 bridgehead atoms. The molecule has 0 fully saturated rings. The topological polar surface area (TPSA) is 184 Å². The molecule has 12 nitrogen and oxygen atoms in total. The highest BCUT2D eigenvalue weighted by Crippen LogP contribution is 2.36. The van der Waals surface area contributed by atoms with E-state index in [2.05, 4.69) is 16.9 Å². The van der Waals surface area contributed by atoms with E-state index in [1.54, 1.807) is 35.8 Å². The fourth-order valence-corrected chi connectivity index (χ4v) is 4.60. The average Bonchev–Trinajstić information content (AvgIpc) is 3.01. The Morgan fingerprint density at radius 2 is 1.77 bits per heavy atom. The number of nitro benzene ring substituents is 1. The number of carboxylic acids is 1. The zero-order chi connectivity index (χ0) is 30.9. The average molecular weight is 587 g/mol. The van der Waals surface area contributed by atoms with Gasteiger partial charge in [0.1, 0.15) is 17.0 Å². The van der Waals surface area contributed by atoms with Crippen LogP contribution in [0.4, 0.5) is 5.69 Å². The van der Waals surface area contributed by atoms with Gasteiger partial charge < -0.3 is 20.3 Å². The first-order valence-electron chi connectivity index (χ1n) is 13.4. The number of amides is 1. The molecule has 0 aliphatic carbocycles. The van der Waals surface area contributed by atoms with E-state index in [1.165, 1.54) is 18.3 Å². The summed E-state index contributed by atoms with van der Waals surface area (Å²) in [6.07, 6.45) is 2.62. The van der Waals surface area contributed by atoms with Crippen LogP contribution in [-0.4, -0.2) is 43.8 Å². The van der Waals surface area contributed by atoms with Crippen molar-refractivity contribution >= 4 is 34.0 Å². The molecule has 0 atom stereocenters. The number of benzene rings is 3. The Labute approximate surface area is 246 Å². The number of para-hydroxylation sites is 1. The molecule has 0 aliphatic rings. The number of non-ortho nitro benzene ring substituents is 1. The van der Waals surface area contributed by atoms with E-state index in [4.69, 9.17) is 9.94 Å². The van der Waals surface area contributed by atoms with Crippen LogP contribution in [0, 0.1) is 10.1 Å². The molecule has 1 heterocycles. The summed E-state index contributed by atoms with van der Waals surface area (Å²) in [7, 11) is 0. The van der Waals surface area contributed by atoms with Crippen LogP contribution >= 0.6 is 0 Å². The lowest BCUT2D eigenvalue weighted by Gasteiger charge is -2.17. The van der Waals surface area contributed by atoms with Gasteiger partial charge in [0.15, 0.2) is 0 Å². The first kappa shape index (κ1) is 30.6. The van der Waals surface area contributed by atoms with Crippen LogP contribution in [0.1, 0.15) is 36.0 Å². The van der Waals surface area contributed by atoms with Crippen LogP contribution in [0.15, 0.2) is 73.4 Å². The molecular formula is C31H30N4O8. The number of aliphatic carboxylic acids is 1. The molecule has 0 radical (unpaired) electrons. The molecule has 1 amide bonds. The van der Waals surface area contributed by atoms with Crippen LogP contribution < -0.4 is 15.5 Å². The molecule has 0 saturated carbocycles. The molecule has 1 aromatic heterocycles. The van der Waals surface area contributed by atoms with Gasteiger partial charge in [0.25, 0.3) is 5.69 Å². The normalized spacial score (nSPS) is 10.8. The zero-order valence-corrected chi connectivity index (χ0v) is 23.1. The summed E-state index contributed by atoms with van der Waals surface area (Å²) >= 11 is 0. The number of nitro groups is 1. The number of nitrogens with one attached hydrogen (secondary N) is 2. The maximum Gasteiger partial charge on any atom is 0.335 e. The van der Waals surface area contributed by atoms with Gasteiger partial charge >= 0.3 is 5.97 Å². The highest BCUT2D eigenvalue weighted by atomic mass is 16.6. The van der Waals surface area contributed by atoms with Crippen molar-refractivity contribution in [2.45, 2.75) is 32.4 Å². The lowest BCUT2D eigenvalue weighted by atomic mass is 9.98. The fraction of sp³-hybridized carbons (Fsp3) is 0.194. The van der Waals surface area contributed by atoms with E-state index < -0.39 is 16.8 Å². The summed E-state index contributed by atoms with van der Waals surface area (Å²) in [5.41, 5.74) is 4.62. The van der Waals surface area contributed by atoms with Crippen LogP contribution in [0.2, 0.25) is 0 Å². The Hall–Kier alpha value is -5.33. The number of phenols is 1. The Morgan fingerprint density at radius 1 is 1.02 bits per heavy atom. The molecule has 43 heavy (non-hydrogen) atoms. The third kappa shape index (κ3) is 7.31. The number of hydrogen-bond donors (Lipinski definition) is 5. The number of nitrogens with zero attached hydrogens (tertiary/aromatic N) is 2. The van der Waals surface area contributed by atoms with Crippen molar-refractivity contribution in [3.05, 3.63) is 100 Å². The Kier molecular flexibility index (Phi) is 9.99. The van der Waals surface area contributed by atoms with E-state index in [1.807, 2.05) is 18.2 Å². The first-order chi connectivity index (χ1) is 20.7. The van der Waals surface area contributed by atoms with E-state index in [9.17, 15) is 29.9 Å². The highest BCUT2D eigenvalue weighted by molar-refractivity contribution is 6.14. The quantitative estimate of drug-likeness (QED) is 0.0445. The molecule has 4 rings (SSSR count). The van der Waals surface area contributed by atoms with E-state index in [-0.39, 0.29) is 54.0 Å². The maximum absolute atomic E-state index is 11.7. The molecule has 0 aliphatic heterocycles. The van der Waals surface area contributed by atoms with E-state index >= 15 is 0 Å². The predicted molar refractivity (Wildman–Crippen MR) is 158 cm³/mol. The summed E-state index contributed by atoms with van der Waals surface area (Å²) in [5.74, 6) is -1.19. The van der Waals surface area contributed by atoms with Crippen molar-refractivity contribution in [2.75, 3.05) is 6.61 Å². The smallest absolute Gasteiger partial charge is 0.335 e. The number of ether oxygens (including phenoxy) is 1. The largest absolute Gasteiger partial charge is 0.505 e. The van der Waals surface area contributed by atoms with Gasteiger partial charge in [-0.2, -0.15) is 0 Å². The van der Waals surface area contributed by atoms with E-state index in [0.29, 0.717) is 29.7 Å². The van der Waals surface area contributed by atoms with Crippen LogP contribution in [0.5, 0.6) is 11.5 Å². The standard InChI is InChI=1S/C31H30N4O8/c1-19(31(38)39)20-10-12-21(13-11-20)24-7-4-6-22(30(24)43-15-3-2-9-27(36)34-40)17-32-18-23-16-26(35(41)42)25-8-5-14-33-28(25)29(23)37/h4-8,10-14,16,32,37,40H,1-3,9,15,17-18H2,(H,34,36)(H,38,39). The van der Waals surface area contributed by atoms with E-state index in [0.717, 1.165) is 16.7 Å². The van der Waals surface area contributed by atoms with Gasteiger partial charge in [-0.15, -0.1) is 0 Å². The summed E-state index contributed by atoms with van der Waals surface area (Å²) in [5, 5.41) is 43.9. The van der Waals surface area contributed by atoms with Gasteiger partial charge in [-0.05, 0) is 36.1 Å². The zero-order valence-electron chi connectivity index (χ0n) is 23.1. The molecule has 222 valence electrons. The van der Waals surface area contributed by atoms with Gasteiger partial charge in [-0.3, -0.25) is 25.1 Å². The van der Waals surface area contributed by atoms with Crippen molar-refractivity contribution in [1.29, 1.82) is 0 Å². The van der Waals surface area contributed by atoms with Crippen molar-refractivity contribution in [2.24, 2.45) is 0 Å². The number of carbonyl (C=O) groups excluding carboxylic acids is 1. The van der Waals surface area contributed by atoms with Crippen molar-refractivity contribution < 1.29 is 34.7 Å². The molecular weight excluding hydrogens is 556 g/mol. The van der Waals surface area contributed by atoms with Gasteiger partial charge in [0.2, 0.25) is 5.91 Å². The Morgan fingerprint density at radius 3 is 2.47 bits per heavy atom. The van der Waals surface area contributed by atoms with Crippen LogP contribution in [0.3, 0.4) is 0 Å². The molecule has 12 heteroatoms. The number of unbranched alkanes of at least 4 members (excludes halogenated alkanes) is 1. The van der Waals surface area contributed by atoms with Gasteiger partial charge in [-0.1, -0.05) is 49.0 Å². The first-order valence-corrected chi connectivity index (χ1v) is 13.4. The number of hydroxylamine groups is 1. The molecule has 0 saturated heterocycles. The van der Waals surface area contributed by atoms with Crippen molar-refractivity contribution in [3.63, 3.8) is 0 Å². The molecule has 3 aromatic carbocycles. The SMILES string of the molecule is C=C(C(=O)O)c1ccc(-c2cccc(CNCc3cc([N+](=O)[O-])c4cccnc4c3O)c2OCCCCC(=O)NO)cc1. The second-order valence-electron chi connectivity index (χ2n) is 9.66. The minimum absolute atomic E-state index is 0.0275. The van der Waals surface area contributed by atoms with Crippen molar-refractivity contribution in [1.82, 2.24) is 15.8 Å². The third-order valence-corrected chi connectivity index (χ3v) is 6.82. The van der Waals surface area contributed by atoms with Crippen LogP contribution in [0.25, 0.3) is 27.6 Å². The molecule has 0 unspecified atom stereocenters. The summed E-state index contributed by atoms with van der Waals surface area (Å²) in [6, 6.07) is 16.9. The van der Waals surface area contributed by atoms with Crippen LogP contribution in [-0.2, 0) is 22.7 Å². The number of pyridine rings is 1. The lowest BCUT2D eigenvalue weighted by Crippen LogP contribution is -2.18. The summed E-state index contributed by atoms with van der Waals surface area (Å²) in [6.45, 7) is 4.25. The van der Waals surface area contributed by atoms with Gasteiger partial charge in [0.05, 0.1) is 22.5 Å². The summed E-state index contributed by atoms with van der Waals surface area (Å²) in [4.78, 5) is 37.9. The summed E-state index contributed by atoms with van der Waals surface area (Å²) < 4.78 is 6.19. The molecule has 5 N–H and O–H groups in total. The number of carboxylic acid groups (broad SMARTS) is 1. The number of carbonyl (C=O) groups is 2. The lowest BCUT2D eigenvalue weighted by molar-refractivity contribution is -0.383. The van der Waals surface area contributed by atoms with Crippen molar-refractivity contribution in [3.8, 4) is 22.6 Å². The highest BCUT2D eigenvalue weighted by Gasteiger charge is 2.20. The minimum atomic E-state index is -1.11. The number of phenolic OH excluding ortho intramolecular Hbond substituents is 1. The second kappa shape index (κ2) is 14.0. The predicted octanol–water partition coefficient (Wildman–Crippen LogP) is 4.96. The van der Waals surface area contributed by atoms with Gasteiger partial charge in [0, 0.05) is 48.5 Å². The maximum atomic E-state index is 11.7. The van der Waals surface area contributed by atoms with Gasteiger partial charge in [-0.25, -0.2) is 10.3 Å². The number of rotatable bonds is 14. The number of fused-ring (bicyclic) bond motifs is 1. The monoisotopic (exact) mass is 586 g/mol. The second-order valence-corrected chi connectivity index (χ2v) is 9.66. The number of aromatic nitrogens is 1. The fourth-order valence-electron chi connectivity index (χ4n) is 4.60. The minimum Gasteiger partial charge on any atom is -0.505 e. The Balaban J connectivity index is 1.58. The molecule has 0 spiro atoms. The Bertz CT molecular complexity index is 1670. The number of hydrogen-bond acceptors (Lipinski definition) is 9. The number of aromatic hydroxyl groups is 1. The molecule has 4 aromatic rings.